The summed E-state index contributed by atoms with van der Waals surface area (Å²) in [4.78, 5) is 12.8. The summed E-state index contributed by atoms with van der Waals surface area (Å²) in [6.45, 7) is 6.32. The molecule has 0 saturated heterocycles. The Balaban J connectivity index is 2.19. The molecule has 4 nitrogen and oxygen atoms in total. The zero-order valence-electron chi connectivity index (χ0n) is 13.1. The second kappa shape index (κ2) is 6.42. The van der Waals surface area contributed by atoms with Crippen molar-refractivity contribution in [2.24, 2.45) is 11.8 Å². The molecular formula is C16H26N2O2. The molecule has 1 saturated carbocycles. The summed E-state index contributed by atoms with van der Waals surface area (Å²) in [5.74, 6) is 1.76. The number of carbonyl (C=O) groups is 1. The van der Waals surface area contributed by atoms with E-state index in [0.717, 1.165) is 18.8 Å². The van der Waals surface area contributed by atoms with Gasteiger partial charge in [-0.05, 0) is 45.4 Å². The van der Waals surface area contributed by atoms with Gasteiger partial charge in [0.05, 0.1) is 13.3 Å². The molecule has 1 aromatic heterocycles. The van der Waals surface area contributed by atoms with Crippen molar-refractivity contribution in [1.82, 2.24) is 9.78 Å². The van der Waals surface area contributed by atoms with Crippen LogP contribution in [0.4, 0.5) is 0 Å². The molecule has 0 aromatic carbocycles. The number of aromatic nitrogens is 2. The molecule has 0 bridgehead atoms. The van der Waals surface area contributed by atoms with Gasteiger partial charge in [-0.25, -0.2) is 0 Å². The SMILES string of the molecule is CCC1CCC(C(=O)c2c(OC)cnn2C(C)C)CC1. The van der Waals surface area contributed by atoms with E-state index in [9.17, 15) is 4.79 Å². The third-order valence-electron chi connectivity index (χ3n) is 4.50. The normalized spacial score (nSPS) is 23.1. The summed E-state index contributed by atoms with van der Waals surface area (Å²) in [7, 11) is 1.60. The Bertz CT molecular complexity index is 457. The molecule has 0 N–H and O–H groups in total. The van der Waals surface area contributed by atoms with Gasteiger partial charge in [0.25, 0.3) is 0 Å². The summed E-state index contributed by atoms with van der Waals surface area (Å²) >= 11 is 0. The molecule has 0 unspecified atom stereocenters. The number of hydrogen-bond acceptors (Lipinski definition) is 3. The average molecular weight is 278 g/mol. The van der Waals surface area contributed by atoms with Gasteiger partial charge in [0.15, 0.2) is 11.5 Å². The summed E-state index contributed by atoms with van der Waals surface area (Å²) in [5.41, 5.74) is 0.655. The van der Waals surface area contributed by atoms with Gasteiger partial charge in [0, 0.05) is 12.0 Å². The Kier molecular flexibility index (Phi) is 4.84. The number of carbonyl (C=O) groups excluding carboxylic acids is 1. The zero-order valence-corrected chi connectivity index (χ0v) is 13.1. The van der Waals surface area contributed by atoms with E-state index in [-0.39, 0.29) is 17.7 Å². The largest absolute Gasteiger partial charge is 0.493 e. The Morgan fingerprint density at radius 1 is 1.40 bits per heavy atom. The molecule has 20 heavy (non-hydrogen) atoms. The fourth-order valence-electron chi connectivity index (χ4n) is 3.15. The van der Waals surface area contributed by atoms with Crippen molar-refractivity contribution in [2.45, 2.75) is 58.9 Å². The first-order valence-electron chi connectivity index (χ1n) is 7.74. The van der Waals surface area contributed by atoms with Gasteiger partial charge < -0.3 is 4.74 Å². The van der Waals surface area contributed by atoms with Gasteiger partial charge in [0.1, 0.15) is 5.69 Å². The third-order valence-corrected chi connectivity index (χ3v) is 4.50. The fraction of sp³-hybridized carbons (Fsp3) is 0.750. The Labute approximate surface area is 121 Å². The predicted molar refractivity (Wildman–Crippen MR) is 79.2 cm³/mol. The summed E-state index contributed by atoms with van der Waals surface area (Å²) in [6, 6.07) is 0.171. The van der Waals surface area contributed by atoms with Gasteiger partial charge in [-0.15, -0.1) is 0 Å². The monoisotopic (exact) mass is 278 g/mol. The van der Waals surface area contributed by atoms with Crippen LogP contribution in [0, 0.1) is 11.8 Å². The molecule has 0 atom stereocenters. The van der Waals surface area contributed by atoms with Crippen LogP contribution in [0.1, 0.15) is 69.4 Å². The molecule has 1 aliphatic rings. The number of rotatable bonds is 5. The van der Waals surface area contributed by atoms with Crippen molar-refractivity contribution >= 4 is 5.78 Å². The Morgan fingerprint density at radius 2 is 2.05 bits per heavy atom. The van der Waals surface area contributed by atoms with E-state index in [1.165, 1.54) is 19.3 Å². The lowest BCUT2D eigenvalue weighted by atomic mass is 9.78. The predicted octanol–water partition coefficient (Wildman–Crippen LogP) is 3.87. The van der Waals surface area contributed by atoms with E-state index in [2.05, 4.69) is 12.0 Å². The lowest BCUT2D eigenvalue weighted by molar-refractivity contribution is 0.0854. The van der Waals surface area contributed by atoms with Crippen LogP contribution in [0.15, 0.2) is 6.20 Å². The maximum atomic E-state index is 12.8. The molecule has 0 spiro atoms. The minimum absolute atomic E-state index is 0.140. The van der Waals surface area contributed by atoms with Crippen LogP contribution in [0.5, 0.6) is 5.75 Å². The highest BCUT2D eigenvalue weighted by Gasteiger charge is 2.31. The molecular weight excluding hydrogens is 252 g/mol. The van der Waals surface area contributed by atoms with E-state index in [4.69, 9.17) is 4.74 Å². The van der Waals surface area contributed by atoms with E-state index in [1.807, 2.05) is 13.8 Å². The second-order valence-electron chi connectivity index (χ2n) is 6.09. The number of ether oxygens (including phenoxy) is 1. The van der Waals surface area contributed by atoms with Crippen molar-refractivity contribution < 1.29 is 9.53 Å². The van der Waals surface area contributed by atoms with Crippen LogP contribution in [0.2, 0.25) is 0 Å². The molecule has 4 heteroatoms. The number of methoxy groups -OCH3 is 1. The van der Waals surface area contributed by atoms with E-state index in [0.29, 0.717) is 11.4 Å². The Morgan fingerprint density at radius 3 is 2.55 bits per heavy atom. The van der Waals surface area contributed by atoms with Crippen LogP contribution < -0.4 is 4.74 Å². The highest BCUT2D eigenvalue weighted by molar-refractivity contribution is 5.98. The molecule has 0 radical (unpaired) electrons. The summed E-state index contributed by atoms with van der Waals surface area (Å²) < 4.78 is 7.12. The standard InChI is InChI=1S/C16H26N2O2/c1-5-12-6-8-13(9-7-12)16(19)15-14(20-4)10-17-18(15)11(2)3/h10-13H,5-9H2,1-4H3. The molecule has 1 aromatic rings. The number of hydrogen-bond donors (Lipinski definition) is 0. The Hall–Kier alpha value is -1.32. The molecule has 2 rings (SSSR count). The fourth-order valence-corrected chi connectivity index (χ4v) is 3.15. The summed E-state index contributed by atoms with van der Waals surface area (Å²) in [6.07, 6.45) is 7.24. The minimum atomic E-state index is 0.140. The first-order chi connectivity index (χ1) is 9.58. The topological polar surface area (TPSA) is 44.1 Å². The van der Waals surface area contributed by atoms with Crippen molar-refractivity contribution in [3.05, 3.63) is 11.9 Å². The lowest BCUT2D eigenvalue weighted by Gasteiger charge is -2.27. The maximum Gasteiger partial charge on any atom is 0.187 e. The van der Waals surface area contributed by atoms with E-state index in [1.54, 1.807) is 18.0 Å². The van der Waals surface area contributed by atoms with Gasteiger partial charge in [-0.3, -0.25) is 9.48 Å². The smallest absolute Gasteiger partial charge is 0.187 e. The number of nitrogens with zero attached hydrogens (tertiary/aromatic N) is 2. The van der Waals surface area contributed by atoms with Crippen LogP contribution in [0.3, 0.4) is 0 Å². The minimum Gasteiger partial charge on any atom is -0.493 e. The van der Waals surface area contributed by atoms with E-state index < -0.39 is 0 Å². The van der Waals surface area contributed by atoms with Crippen LogP contribution in [-0.2, 0) is 0 Å². The van der Waals surface area contributed by atoms with Gasteiger partial charge in [-0.2, -0.15) is 5.10 Å². The van der Waals surface area contributed by atoms with Gasteiger partial charge in [-0.1, -0.05) is 13.3 Å². The number of Topliss-reactive ketones (excluding diaryl/α,β-unsaturated/α-hetero) is 1. The molecule has 1 fully saturated rings. The van der Waals surface area contributed by atoms with Crippen LogP contribution in [0.25, 0.3) is 0 Å². The lowest BCUT2D eigenvalue weighted by Crippen LogP contribution is -2.25. The molecule has 112 valence electrons. The first kappa shape index (κ1) is 15.1. The second-order valence-corrected chi connectivity index (χ2v) is 6.09. The van der Waals surface area contributed by atoms with Crippen molar-refractivity contribution in [3.63, 3.8) is 0 Å². The van der Waals surface area contributed by atoms with Crippen molar-refractivity contribution in [2.75, 3.05) is 7.11 Å². The van der Waals surface area contributed by atoms with Crippen LogP contribution >= 0.6 is 0 Å². The molecule has 0 aliphatic heterocycles. The molecule has 1 heterocycles. The van der Waals surface area contributed by atoms with Crippen molar-refractivity contribution in [3.8, 4) is 5.75 Å². The van der Waals surface area contributed by atoms with Gasteiger partial charge in [0.2, 0.25) is 0 Å². The first-order valence-corrected chi connectivity index (χ1v) is 7.74. The number of ketones is 1. The quantitative estimate of drug-likeness (QED) is 0.768. The van der Waals surface area contributed by atoms with E-state index >= 15 is 0 Å². The highest BCUT2D eigenvalue weighted by Crippen LogP contribution is 2.34. The molecule has 1 aliphatic carbocycles. The summed E-state index contributed by atoms with van der Waals surface area (Å²) in [5, 5.41) is 4.30. The maximum absolute atomic E-state index is 12.8. The van der Waals surface area contributed by atoms with Gasteiger partial charge >= 0.3 is 0 Å². The average Bonchev–Trinajstić information content (AvgIpc) is 2.90. The third kappa shape index (κ3) is 2.89. The van der Waals surface area contributed by atoms with Crippen LogP contribution in [-0.4, -0.2) is 22.7 Å². The molecule has 0 amide bonds. The highest BCUT2D eigenvalue weighted by atomic mass is 16.5. The van der Waals surface area contributed by atoms with Crippen molar-refractivity contribution in [1.29, 1.82) is 0 Å². The zero-order chi connectivity index (χ0) is 14.7.